The fourth-order valence-corrected chi connectivity index (χ4v) is 4.07. The summed E-state index contributed by atoms with van der Waals surface area (Å²) in [5, 5.41) is 22.8. The number of aliphatic hydroxyl groups is 1. The summed E-state index contributed by atoms with van der Waals surface area (Å²) in [4.78, 5) is 10.6. The van der Waals surface area contributed by atoms with Gasteiger partial charge in [-0.2, -0.15) is 4.31 Å². The molecule has 0 radical (unpaired) electrons. The van der Waals surface area contributed by atoms with Crippen LogP contribution in [0.1, 0.15) is 25.7 Å². The topological polar surface area (TPSA) is 113 Å². The van der Waals surface area contributed by atoms with Gasteiger partial charge in [-0.25, -0.2) is 8.42 Å². The van der Waals surface area contributed by atoms with E-state index in [-0.39, 0.29) is 22.9 Å². The molecular weight excluding hydrogens is 322 g/mol. The van der Waals surface area contributed by atoms with Crippen molar-refractivity contribution in [2.24, 2.45) is 0 Å². The Hall–Kier alpha value is -1.71. The van der Waals surface area contributed by atoms with E-state index in [0.29, 0.717) is 26.1 Å². The Kier molecular flexibility index (Phi) is 5.91. The van der Waals surface area contributed by atoms with Crippen LogP contribution < -0.4 is 5.32 Å². The summed E-state index contributed by atoms with van der Waals surface area (Å²) in [5.74, 6) is 0. The average Bonchev–Trinajstić information content (AvgIpc) is 2.56. The number of rotatable bonds is 7. The fourth-order valence-electron chi connectivity index (χ4n) is 2.53. The molecule has 8 nitrogen and oxygen atoms in total. The molecule has 0 aromatic heterocycles. The molecule has 2 rings (SSSR count). The third-order valence-corrected chi connectivity index (χ3v) is 5.66. The minimum Gasteiger partial charge on any atom is -0.396 e. The van der Waals surface area contributed by atoms with E-state index in [9.17, 15) is 18.5 Å². The van der Waals surface area contributed by atoms with Gasteiger partial charge in [-0.15, -0.1) is 0 Å². The SMILES string of the molecule is O=[N+]([O-])c1cc(S(=O)(=O)N2CCCCC2)ccc1NCCCO. The van der Waals surface area contributed by atoms with Gasteiger partial charge in [0.05, 0.1) is 9.82 Å². The summed E-state index contributed by atoms with van der Waals surface area (Å²) in [7, 11) is -3.70. The molecule has 0 bridgehead atoms. The van der Waals surface area contributed by atoms with Crippen LogP contribution in [0.2, 0.25) is 0 Å². The van der Waals surface area contributed by atoms with E-state index >= 15 is 0 Å². The predicted molar refractivity (Wildman–Crippen MR) is 85.9 cm³/mol. The van der Waals surface area contributed by atoms with Gasteiger partial charge in [0.15, 0.2) is 0 Å². The van der Waals surface area contributed by atoms with Crippen molar-refractivity contribution in [3.63, 3.8) is 0 Å². The maximum absolute atomic E-state index is 12.6. The molecule has 0 amide bonds. The number of hydrogen-bond donors (Lipinski definition) is 2. The van der Waals surface area contributed by atoms with Crippen molar-refractivity contribution in [2.75, 3.05) is 31.6 Å². The van der Waals surface area contributed by atoms with Crippen LogP contribution in [0.4, 0.5) is 11.4 Å². The quantitative estimate of drug-likeness (QED) is 0.441. The number of aliphatic hydroxyl groups excluding tert-OH is 1. The molecule has 0 aliphatic carbocycles. The molecule has 0 spiro atoms. The van der Waals surface area contributed by atoms with Crippen molar-refractivity contribution in [3.05, 3.63) is 28.3 Å². The van der Waals surface area contributed by atoms with Crippen molar-refractivity contribution in [2.45, 2.75) is 30.6 Å². The molecule has 2 N–H and O–H groups in total. The lowest BCUT2D eigenvalue weighted by Gasteiger charge is -2.25. The summed E-state index contributed by atoms with van der Waals surface area (Å²) in [6.07, 6.45) is 3.06. The first-order chi connectivity index (χ1) is 11.0. The van der Waals surface area contributed by atoms with Gasteiger partial charge in [0.2, 0.25) is 10.0 Å². The molecule has 1 heterocycles. The molecule has 1 aromatic rings. The van der Waals surface area contributed by atoms with Crippen LogP contribution in [0.25, 0.3) is 0 Å². The monoisotopic (exact) mass is 343 g/mol. The Morgan fingerprint density at radius 3 is 2.57 bits per heavy atom. The summed E-state index contributed by atoms with van der Waals surface area (Å²) in [6, 6.07) is 3.90. The normalized spacial score (nSPS) is 16.2. The van der Waals surface area contributed by atoms with Crippen LogP contribution in [0.15, 0.2) is 23.1 Å². The maximum Gasteiger partial charge on any atom is 0.293 e. The highest BCUT2D eigenvalue weighted by Crippen LogP contribution is 2.29. The largest absolute Gasteiger partial charge is 0.396 e. The van der Waals surface area contributed by atoms with Crippen LogP contribution in [0.3, 0.4) is 0 Å². The molecular formula is C14H21N3O5S. The Balaban J connectivity index is 2.29. The number of nitrogens with zero attached hydrogens (tertiary/aromatic N) is 2. The van der Waals surface area contributed by atoms with Crippen LogP contribution in [0, 0.1) is 10.1 Å². The number of hydrogen-bond acceptors (Lipinski definition) is 6. The van der Waals surface area contributed by atoms with Gasteiger partial charge < -0.3 is 10.4 Å². The number of sulfonamides is 1. The Morgan fingerprint density at radius 1 is 1.26 bits per heavy atom. The molecule has 1 aromatic carbocycles. The zero-order valence-corrected chi connectivity index (χ0v) is 13.6. The van der Waals surface area contributed by atoms with Gasteiger partial charge in [-0.3, -0.25) is 10.1 Å². The molecule has 1 fully saturated rings. The number of nitrogens with one attached hydrogen (secondary N) is 1. The molecule has 9 heteroatoms. The van der Waals surface area contributed by atoms with Crippen molar-refractivity contribution in [1.82, 2.24) is 4.31 Å². The zero-order valence-electron chi connectivity index (χ0n) is 12.8. The van der Waals surface area contributed by atoms with E-state index in [0.717, 1.165) is 25.3 Å². The predicted octanol–water partition coefficient (Wildman–Crippen LogP) is 1.56. The molecule has 128 valence electrons. The van der Waals surface area contributed by atoms with Crippen LogP contribution >= 0.6 is 0 Å². The molecule has 0 atom stereocenters. The summed E-state index contributed by atoms with van der Waals surface area (Å²) in [5.41, 5.74) is -0.0259. The Bertz CT molecular complexity index is 656. The molecule has 1 aliphatic rings. The van der Waals surface area contributed by atoms with Gasteiger partial charge in [0.25, 0.3) is 5.69 Å². The lowest BCUT2D eigenvalue weighted by molar-refractivity contribution is -0.384. The second kappa shape index (κ2) is 7.71. The van der Waals surface area contributed by atoms with E-state index in [1.54, 1.807) is 0 Å². The van der Waals surface area contributed by atoms with E-state index in [1.807, 2.05) is 0 Å². The highest BCUT2D eigenvalue weighted by atomic mass is 32.2. The molecule has 0 unspecified atom stereocenters. The highest BCUT2D eigenvalue weighted by Gasteiger charge is 2.28. The van der Waals surface area contributed by atoms with Crippen LogP contribution in [-0.4, -0.2) is 49.0 Å². The maximum atomic E-state index is 12.6. The van der Waals surface area contributed by atoms with Crippen LogP contribution in [0.5, 0.6) is 0 Å². The third-order valence-electron chi connectivity index (χ3n) is 3.77. The van der Waals surface area contributed by atoms with Crippen LogP contribution in [-0.2, 0) is 10.0 Å². The van der Waals surface area contributed by atoms with Gasteiger partial charge in [0, 0.05) is 32.3 Å². The molecule has 0 saturated carbocycles. The van der Waals surface area contributed by atoms with E-state index in [4.69, 9.17) is 5.11 Å². The van der Waals surface area contributed by atoms with E-state index in [1.165, 1.54) is 16.4 Å². The Morgan fingerprint density at radius 2 is 1.96 bits per heavy atom. The third kappa shape index (κ3) is 4.18. The van der Waals surface area contributed by atoms with Gasteiger partial charge in [-0.1, -0.05) is 6.42 Å². The molecule has 23 heavy (non-hydrogen) atoms. The van der Waals surface area contributed by atoms with Crippen molar-refractivity contribution < 1.29 is 18.4 Å². The fraction of sp³-hybridized carbons (Fsp3) is 0.571. The second-order valence-corrected chi connectivity index (χ2v) is 7.34. The van der Waals surface area contributed by atoms with Gasteiger partial charge >= 0.3 is 0 Å². The first-order valence-electron chi connectivity index (χ1n) is 7.60. The van der Waals surface area contributed by atoms with Gasteiger partial charge in [-0.05, 0) is 31.4 Å². The molecule has 1 aliphatic heterocycles. The second-order valence-electron chi connectivity index (χ2n) is 5.40. The number of nitro groups is 1. The minimum absolute atomic E-state index is 0.0256. The smallest absolute Gasteiger partial charge is 0.293 e. The summed E-state index contributed by atoms with van der Waals surface area (Å²) >= 11 is 0. The van der Waals surface area contributed by atoms with Gasteiger partial charge in [0.1, 0.15) is 5.69 Å². The van der Waals surface area contributed by atoms with Crippen molar-refractivity contribution in [3.8, 4) is 0 Å². The minimum atomic E-state index is -3.70. The number of anilines is 1. The lowest BCUT2D eigenvalue weighted by atomic mass is 10.2. The van der Waals surface area contributed by atoms with E-state index < -0.39 is 14.9 Å². The first-order valence-corrected chi connectivity index (χ1v) is 9.04. The number of nitro benzene ring substituents is 1. The van der Waals surface area contributed by atoms with Crippen molar-refractivity contribution >= 4 is 21.4 Å². The number of piperidine rings is 1. The average molecular weight is 343 g/mol. The summed E-state index contributed by atoms with van der Waals surface area (Å²) < 4.78 is 26.6. The highest BCUT2D eigenvalue weighted by molar-refractivity contribution is 7.89. The summed E-state index contributed by atoms with van der Waals surface area (Å²) in [6.45, 7) is 1.25. The molecule has 1 saturated heterocycles. The van der Waals surface area contributed by atoms with E-state index in [2.05, 4.69) is 5.32 Å². The lowest BCUT2D eigenvalue weighted by Crippen LogP contribution is -2.35. The first kappa shape index (κ1) is 17.6. The van der Waals surface area contributed by atoms with Crippen molar-refractivity contribution in [1.29, 1.82) is 0 Å². The number of benzene rings is 1. The Labute approximate surface area is 135 Å². The zero-order chi connectivity index (χ0) is 16.9. The standard InChI is InChI=1S/C14H21N3O5S/c18-10-4-7-15-13-6-5-12(11-14(13)17(19)20)23(21,22)16-8-2-1-3-9-16/h5-6,11,15,18H,1-4,7-10H2.